The number of hydrogen-bond donors (Lipinski definition) is 2. The van der Waals surface area contributed by atoms with Gasteiger partial charge in [0.15, 0.2) is 0 Å². The number of hydrogen-bond acceptors (Lipinski definition) is 6. The van der Waals surface area contributed by atoms with E-state index in [-0.39, 0.29) is 23.9 Å². The molecule has 0 aromatic carbocycles. The smallest absolute Gasteiger partial charge is 0.322 e. The highest BCUT2D eigenvalue weighted by atomic mass is 35.5. The van der Waals surface area contributed by atoms with Gasteiger partial charge < -0.3 is 15.2 Å². The lowest BCUT2D eigenvalue weighted by Crippen LogP contribution is -2.28. The van der Waals surface area contributed by atoms with E-state index in [9.17, 15) is 0 Å². The molecule has 0 saturated carbocycles. The van der Waals surface area contributed by atoms with E-state index in [0.29, 0.717) is 24.9 Å². The number of aliphatic hydroxyl groups is 1. The molecule has 0 spiro atoms. The van der Waals surface area contributed by atoms with Gasteiger partial charge >= 0.3 is 6.01 Å². The van der Waals surface area contributed by atoms with E-state index >= 15 is 0 Å². The summed E-state index contributed by atoms with van der Waals surface area (Å²) in [5.41, 5.74) is 0. The molecule has 0 aliphatic carbocycles. The molecular formula is C12H21ClN4O2. The third-order valence-corrected chi connectivity index (χ3v) is 2.75. The van der Waals surface area contributed by atoms with Gasteiger partial charge in [0.05, 0.1) is 6.61 Å². The Balaban J connectivity index is 2.78. The molecule has 1 aromatic heterocycles. The fourth-order valence-electron chi connectivity index (χ4n) is 1.53. The van der Waals surface area contributed by atoms with Crippen molar-refractivity contribution in [1.82, 2.24) is 15.0 Å². The topological polar surface area (TPSA) is 80.2 Å². The molecule has 2 N–H and O–H groups in total. The predicted molar refractivity (Wildman–Crippen MR) is 74.6 cm³/mol. The molecule has 0 saturated heterocycles. The highest BCUT2D eigenvalue weighted by molar-refractivity contribution is 6.28. The van der Waals surface area contributed by atoms with Gasteiger partial charge in [-0.05, 0) is 30.4 Å². The van der Waals surface area contributed by atoms with Crippen molar-refractivity contribution in [2.24, 2.45) is 5.92 Å². The molecule has 0 aliphatic rings. The molecule has 0 amide bonds. The highest BCUT2D eigenvalue weighted by Crippen LogP contribution is 2.16. The molecule has 0 radical (unpaired) electrons. The van der Waals surface area contributed by atoms with E-state index in [4.69, 9.17) is 21.4 Å². The Morgan fingerprint density at radius 3 is 2.63 bits per heavy atom. The largest absolute Gasteiger partial charge is 0.463 e. The number of anilines is 1. The minimum absolute atomic E-state index is 0.0718. The molecule has 19 heavy (non-hydrogen) atoms. The zero-order valence-corrected chi connectivity index (χ0v) is 12.3. The lowest BCUT2D eigenvalue weighted by atomic mass is 10.0. The second-order valence-corrected chi connectivity index (χ2v) is 4.90. The zero-order valence-electron chi connectivity index (χ0n) is 11.6. The van der Waals surface area contributed by atoms with E-state index in [0.717, 1.165) is 6.42 Å². The van der Waals surface area contributed by atoms with Crippen molar-refractivity contribution in [3.05, 3.63) is 5.28 Å². The number of rotatable bonds is 8. The molecule has 7 heteroatoms. The van der Waals surface area contributed by atoms with Crippen molar-refractivity contribution in [2.75, 3.05) is 18.5 Å². The summed E-state index contributed by atoms with van der Waals surface area (Å²) in [5, 5.41) is 12.3. The van der Waals surface area contributed by atoms with Gasteiger partial charge in [0.1, 0.15) is 0 Å². The second-order valence-electron chi connectivity index (χ2n) is 4.57. The van der Waals surface area contributed by atoms with Crippen molar-refractivity contribution >= 4 is 17.5 Å². The van der Waals surface area contributed by atoms with E-state index in [1.54, 1.807) is 0 Å². The van der Waals surface area contributed by atoms with Crippen LogP contribution in [-0.2, 0) is 0 Å². The van der Waals surface area contributed by atoms with Crippen LogP contribution < -0.4 is 10.1 Å². The normalized spacial score (nSPS) is 12.5. The molecular weight excluding hydrogens is 268 g/mol. The molecule has 0 aliphatic heterocycles. The van der Waals surface area contributed by atoms with Gasteiger partial charge in [0.25, 0.3) is 0 Å². The Bertz CT molecular complexity index is 390. The van der Waals surface area contributed by atoms with Crippen LogP contribution in [0, 0.1) is 5.92 Å². The average molecular weight is 289 g/mol. The van der Waals surface area contributed by atoms with Gasteiger partial charge in [-0.1, -0.05) is 20.8 Å². The lowest BCUT2D eigenvalue weighted by Gasteiger charge is -2.21. The molecule has 1 unspecified atom stereocenters. The Morgan fingerprint density at radius 2 is 2.05 bits per heavy atom. The minimum atomic E-state index is 0.0718. The standard InChI is InChI=1S/C12H21ClN4O2/c1-4-7-19-12-16-10(13)15-11(17-12)14-9(5-6-18)8(2)3/h8-9,18H,4-7H2,1-3H3,(H,14,15,16,17). The number of nitrogens with one attached hydrogen (secondary N) is 1. The monoisotopic (exact) mass is 288 g/mol. The van der Waals surface area contributed by atoms with Gasteiger partial charge in [-0.2, -0.15) is 15.0 Å². The Kier molecular flexibility index (Phi) is 6.80. The summed E-state index contributed by atoms with van der Waals surface area (Å²) in [6.45, 7) is 6.76. The maximum absolute atomic E-state index is 9.04. The van der Waals surface area contributed by atoms with Crippen molar-refractivity contribution in [3.8, 4) is 6.01 Å². The molecule has 1 aromatic rings. The summed E-state index contributed by atoms with van der Waals surface area (Å²) in [4.78, 5) is 12.1. The Hall–Kier alpha value is -1.14. The second kappa shape index (κ2) is 8.12. The van der Waals surface area contributed by atoms with Gasteiger partial charge in [-0.25, -0.2) is 0 Å². The van der Waals surface area contributed by atoms with Gasteiger partial charge in [-0.15, -0.1) is 0 Å². The SMILES string of the molecule is CCCOc1nc(Cl)nc(NC(CCO)C(C)C)n1. The van der Waals surface area contributed by atoms with Crippen molar-refractivity contribution in [3.63, 3.8) is 0 Å². The van der Waals surface area contributed by atoms with Gasteiger partial charge in [0, 0.05) is 12.6 Å². The minimum Gasteiger partial charge on any atom is -0.463 e. The van der Waals surface area contributed by atoms with Crippen molar-refractivity contribution in [2.45, 2.75) is 39.7 Å². The first-order valence-corrected chi connectivity index (χ1v) is 6.86. The van der Waals surface area contributed by atoms with Crippen LogP contribution in [-0.4, -0.2) is 39.3 Å². The van der Waals surface area contributed by atoms with Crippen LogP contribution in [0.15, 0.2) is 0 Å². The molecule has 6 nitrogen and oxygen atoms in total. The van der Waals surface area contributed by atoms with E-state index in [2.05, 4.69) is 34.1 Å². The van der Waals surface area contributed by atoms with E-state index in [1.165, 1.54) is 0 Å². The quantitative estimate of drug-likeness (QED) is 0.763. The zero-order chi connectivity index (χ0) is 14.3. The van der Waals surface area contributed by atoms with E-state index in [1.807, 2.05) is 6.92 Å². The summed E-state index contributed by atoms with van der Waals surface area (Å²) < 4.78 is 5.34. The lowest BCUT2D eigenvalue weighted by molar-refractivity contribution is 0.267. The summed E-state index contributed by atoms with van der Waals surface area (Å²) in [6, 6.07) is 0.290. The number of halogens is 1. The third kappa shape index (κ3) is 5.57. The van der Waals surface area contributed by atoms with Crippen LogP contribution in [0.2, 0.25) is 5.28 Å². The first kappa shape index (κ1) is 15.9. The number of ether oxygens (including phenoxy) is 1. The summed E-state index contributed by atoms with van der Waals surface area (Å²) in [5.74, 6) is 0.709. The fraction of sp³-hybridized carbons (Fsp3) is 0.750. The predicted octanol–water partition coefficient (Wildman–Crippen LogP) is 2.13. The van der Waals surface area contributed by atoms with Crippen LogP contribution >= 0.6 is 11.6 Å². The third-order valence-electron chi connectivity index (χ3n) is 2.58. The summed E-state index contributed by atoms with van der Waals surface area (Å²) in [6.07, 6.45) is 1.48. The molecule has 1 rings (SSSR count). The first-order valence-electron chi connectivity index (χ1n) is 6.48. The fourth-order valence-corrected chi connectivity index (χ4v) is 1.68. The molecule has 1 heterocycles. The molecule has 1 atom stereocenters. The Labute approximate surface area is 118 Å². The number of aromatic nitrogens is 3. The Morgan fingerprint density at radius 1 is 1.32 bits per heavy atom. The van der Waals surface area contributed by atoms with Crippen LogP contribution in [0.3, 0.4) is 0 Å². The van der Waals surface area contributed by atoms with Crippen molar-refractivity contribution in [1.29, 1.82) is 0 Å². The van der Waals surface area contributed by atoms with Gasteiger partial charge in [0.2, 0.25) is 11.2 Å². The maximum Gasteiger partial charge on any atom is 0.322 e. The highest BCUT2D eigenvalue weighted by Gasteiger charge is 2.15. The first-order chi connectivity index (χ1) is 9.06. The molecule has 108 valence electrons. The number of aliphatic hydroxyl groups excluding tert-OH is 1. The summed E-state index contributed by atoms with van der Waals surface area (Å²) >= 11 is 5.84. The molecule has 0 bridgehead atoms. The van der Waals surface area contributed by atoms with Crippen LogP contribution in [0.4, 0.5) is 5.95 Å². The van der Waals surface area contributed by atoms with Gasteiger partial charge in [-0.3, -0.25) is 0 Å². The van der Waals surface area contributed by atoms with Crippen LogP contribution in [0.1, 0.15) is 33.6 Å². The molecule has 0 fully saturated rings. The van der Waals surface area contributed by atoms with E-state index < -0.39 is 0 Å². The number of nitrogens with zero attached hydrogens (tertiary/aromatic N) is 3. The summed E-state index contributed by atoms with van der Waals surface area (Å²) in [7, 11) is 0. The van der Waals surface area contributed by atoms with Crippen LogP contribution in [0.5, 0.6) is 6.01 Å². The van der Waals surface area contributed by atoms with Crippen molar-refractivity contribution < 1.29 is 9.84 Å². The maximum atomic E-state index is 9.04. The van der Waals surface area contributed by atoms with Crippen LogP contribution in [0.25, 0.3) is 0 Å². The average Bonchev–Trinajstić information content (AvgIpc) is 2.35.